The van der Waals surface area contributed by atoms with Gasteiger partial charge in [-0.05, 0) is 32.4 Å². The van der Waals surface area contributed by atoms with Crippen LogP contribution in [0.2, 0.25) is 0 Å². The van der Waals surface area contributed by atoms with Gasteiger partial charge in [0.1, 0.15) is 11.6 Å². The predicted molar refractivity (Wildman–Crippen MR) is 71.2 cm³/mol. The highest BCUT2D eigenvalue weighted by atomic mass is 16.3. The first-order valence-corrected chi connectivity index (χ1v) is 6.55. The molecule has 2 rings (SSSR count). The van der Waals surface area contributed by atoms with E-state index in [0.717, 1.165) is 37.5 Å². The molecule has 1 unspecified atom stereocenters. The third-order valence-electron chi connectivity index (χ3n) is 3.15. The molecule has 0 amide bonds. The largest absolute Gasteiger partial charge is 0.469 e. The minimum absolute atomic E-state index is 0.456. The molecule has 18 heavy (non-hydrogen) atoms. The lowest BCUT2D eigenvalue weighted by Crippen LogP contribution is -2.27. The summed E-state index contributed by atoms with van der Waals surface area (Å²) in [6.07, 6.45) is 7.65. The molecule has 4 heteroatoms. The molecule has 1 atom stereocenters. The monoisotopic (exact) mass is 247 g/mol. The van der Waals surface area contributed by atoms with Crippen molar-refractivity contribution in [1.29, 1.82) is 0 Å². The SMILES string of the molecule is CCn1ccnc1CNC(C)CCc1ccco1. The van der Waals surface area contributed by atoms with Gasteiger partial charge in [-0.2, -0.15) is 0 Å². The Morgan fingerprint density at radius 3 is 3.11 bits per heavy atom. The van der Waals surface area contributed by atoms with Crippen LogP contribution in [0.15, 0.2) is 35.2 Å². The van der Waals surface area contributed by atoms with Crippen LogP contribution in [0, 0.1) is 0 Å². The molecular weight excluding hydrogens is 226 g/mol. The van der Waals surface area contributed by atoms with Gasteiger partial charge in [-0.25, -0.2) is 4.98 Å². The van der Waals surface area contributed by atoms with Crippen LogP contribution in [0.25, 0.3) is 0 Å². The van der Waals surface area contributed by atoms with Crippen LogP contribution in [0.1, 0.15) is 31.9 Å². The van der Waals surface area contributed by atoms with E-state index in [0.29, 0.717) is 6.04 Å². The van der Waals surface area contributed by atoms with Crippen LogP contribution in [-0.4, -0.2) is 15.6 Å². The van der Waals surface area contributed by atoms with E-state index in [4.69, 9.17) is 4.42 Å². The number of imidazole rings is 1. The molecule has 0 saturated carbocycles. The van der Waals surface area contributed by atoms with Crippen LogP contribution in [-0.2, 0) is 19.5 Å². The maximum Gasteiger partial charge on any atom is 0.122 e. The maximum absolute atomic E-state index is 5.33. The first-order chi connectivity index (χ1) is 8.79. The van der Waals surface area contributed by atoms with Gasteiger partial charge in [0.05, 0.1) is 12.8 Å². The fourth-order valence-electron chi connectivity index (χ4n) is 1.98. The minimum atomic E-state index is 0.456. The molecule has 2 aromatic rings. The Hall–Kier alpha value is -1.55. The van der Waals surface area contributed by atoms with Gasteiger partial charge in [-0.3, -0.25) is 0 Å². The van der Waals surface area contributed by atoms with Crippen molar-refractivity contribution in [3.05, 3.63) is 42.4 Å². The van der Waals surface area contributed by atoms with Crippen molar-refractivity contribution in [2.24, 2.45) is 0 Å². The molecule has 98 valence electrons. The highest BCUT2D eigenvalue weighted by molar-refractivity contribution is 4.98. The second kappa shape index (κ2) is 6.40. The van der Waals surface area contributed by atoms with E-state index in [-0.39, 0.29) is 0 Å². The van der Waals surface area contributed by atoms with Crippen LogP contribution < -0.4 is 5.32 Å². The summed E-state index contributed by atoms with van der Waals surface area (Å²) in [7, 11) is 0. The molecule has 4 nitrogen and oxygen atoms in total. The number of nitrogens with one attached hydrogen (secondary N) is 1. The Morgan fingerprint density at radius 1 is 1.50 bits per heavy atom. The van der Waals surface area contributed by atoms with Gasteiger partial charge >= 0.3 is 0 Å². The van der Waals surface area contributed by atoms with Crippen LogP contribution >= 0.6 is 0 Å². The maximum atomic E-state index is 5.33. The minimum Gasteiger partial charge on any atom is -0.469 e. The number of furan rings is 1. The third kappa shape index (κ3) is 3.47. The Morgan fingerprint density at radius 2 is 2.39 bits per heavy atom. The van der Waals surface area contributed by atoms with E-state index in [1.807, 2.05) is 24.5 Å². The Balaban J connectivity index is 1.73. The van der Waals surface area contributed by atoms with E-state index in [9.17, 15) is 0 Å². The Kier molecular flexibility index (Phi) is 4.59. The molecule has 0 aliphatic heterocycles. The van der Waals surface area contributed by atoms with E-state index in [1.165, 1.54) is 0 Å². The van der Waals surface area contributed by atoms with Crippen molar-refractivity contribution in [3.63, 3.8) is 0 Å². The van der Waals surface area contributed by atoms with Gasteiger partial charge in [-0.1, -0.05) is 0 Å². The molecule has 0 bridgehead atoms. The van der Waals surface area contributed by atoms with Gasteiger partial charge in [0.2, 0.25) is 0 Å². The number of nitrogens with zero attached hydrogens (tertiary/aromatic N) is 2. The van der Waals surface area contributed by atoms with E-state index in [1.54, 1.807) is 6.26 Å². The highest BCUT2D eigenvalue weighted by Crippen LogP contribution is 2.06. The number of hydrogen-bond acceptors (Lipinski definition) is 3. The van der Waals surface area contributed by atoms with Gasteiger partial charge in [0, 0.05) is 31.4 Å². The van der Waals surface area contributed by atoms with Crippen molar-refractivity contribution in [3.8, 4) is 0 Å². The van der Waals surface area contributed by atoms with E-state index >= 15 is 0 Å². The lowest BCUT2D eigenvalue weighted by molar-refractivity contribution is 0.453. The second-order valence-electron chi connectivity index (χ2n) is 4.53. The average Bonchev–Trinajstić information content (AvgIpc) is 3.04. The number of rotatable bonds is 7. The third-order valence-corrected chi connectivity index (χ3v) is 3.15. The molecule has 0 spiro atoms. The summed E-state index contributed by atoms with van der Waals surface area (Å²) in [4.78, 5) is 4.35. The van der Waals surface area contributed by atoms with Crippen molar-refractivity contribution in [2.45, 2.75) is 45.8 Å². The average molecular weight is 247 g/mol. The van der Waals surface area contributed by atoms with Crippen molar-refractivity contribution in [1.82, 2.24) is 14.9 Å². The quantitative estimate of drug-likeness (QED) is 0.818. The first kappa shape index (κ1) is 12.9. The molecule has 0 fully saturated rings. The number of aryl methyl sites for hydroxylation is 2. The topological polar surface area (TPSA) is 43.0 Å². The first-order valence-electron chi connectivity index (χ1n) is 6.55. The number of hydrogen-bond donors (Lipinski definition) is 1. The molecular formula is C14H21N3O. The van der Waals surface area contributed by atoms with Crippen molar-refractivity contribution >= 4 is 0 Å². The fraction of sp³-hybridized carbons (Fsp3) is 0.500. The van der Waals surface area contributed by atoms with E-state index < -0.39 is 0 Å². The summed E-state index contributed by atoms with van der Waals surface area (Å²) in [5.41, 5.74) is 0. The Labute approximate surface area is 108 Å². The zero-order valence-corrected chi connectivity index (χ0v) is 11.1. The molecule has 1 N–H and O–H groups in total. The van der Waals surface area contributed by atoms with Crippen molar-refractivity contribution < 1.29 is 4.42 Å². The molecule has 0 aliphatic carbocycles. The molecule has 0 saturated heterocycles. The summed E-state index contributed by atoms with van der Waals surface area (Å²) in [6.45, 7) is 6.12. The molecule has 0 aliphatic rings. The fourth-order valence-corrected chi connectivity index (χ4v) is 1.98. The zero-order chi connectivity index (χ0) is 12.8. The number of aromatic nitrogens is 2. The highest BCUT2D eigenvalue weighted by Gasteiger charge is 2.06. The lowest BCUT2D eigenvalue weighted by atomic mass is 10.1. The van der Waals surface area contributed by atoms with Gasteiger partial charge < -0.3 is 14.3 Å². The summed E-state index contributed by atoms with van der Waals surface area (Å²) >= 11 is 0. The zero-order valence-electron chi connectivity index (χ0n) is 11.1. The smallest absolute Gasteiger partial charge is 0.122 e. The molecule has 2 heterocycles. The second-order valence-corrected chi connectivity index (χ2v) is 4.53. The summed E-state index contributed by atoms with van der Waals surface area (Å²) < 4.78 is 7.49. The molecule has 0 radical (unpaired) electrons. The lowest BCUT2D eigenvalue weighted by Gasteiger charge is -2.13. The van der Waals surface area contributed by atoms with Gasteiger partial charge in [0.25, 0.3) is 0 Å². The molecule has 2 aromatic heterocycles. The standard InChI is InChI=1S/C14H21N3O/c1-3-17-9-8-15-14(17)11-16-12(2)6-7-13-5-4-10-18-13/h4-5,8-10,12,16H,3,6-7,11H2,1-2H3. The summed E-state index contributed by atoms with van der Waals surface area (Å²) in [5.74, 6) is 2.15. The Bertz CT molecular complexity index is 447. The van der Waals surface area contributed by atoms with Crippen LogP contribution in [0.5, 0.6) is 0 Å². The summed E-state index contributed by atoms with van der Waals surface area (Å²) in [6, 6.07) is 4.42. The summed E-state index contributed by atoms with van der Waals surface area (Å²) in [5, 5.41) is 3.50. The van der Waals surface area contributed by atoms with E-state index in [2.05, 4.69) is 28.7 Å². The predicted octanol–water partition coefficient (Wildman–Crippen LogP) is 2.61. The normalized spacial score (nSPS) is 12.8. The van der Waals surface area contributed by atoms with Crippen LogP contribution in [0.3, 0.4) is 0 Å². The van der Waals surface area contributed by atoms with Crippen molar-refractivity contribution in [2.75, 3.05) is 0 Å². The van der Waals surface area contributed by atoms with Gasteiger partial charge in [0.15, 0.2) is 0 Å². The molecule has 0 aromatic carbocycles. The van der Waals surface area contributed by atoms with Crippen LogP contribution in [0.4, 0.5) is 0 Å². The van der Waals surface area contributed by atoms with Gasteiger partial charge in [-0.15, -0.1) is 0 Å².